The van der Waals surface area contributed by atoms with E-state index >= 15 is 0 Å². The maximum absolute atomic E-state index is 11.8. The molecule has 0 saturated carbocycles. The summed E-state index contributed by atoms with van der Waals surface area (Å²) in [5, 5.41) is 7.71. The van der Waals surface area contributed by atoms with Crippen LogP contribution in [0.15, 0.2) is 37.3 Å². The molecule has 2 N–H and O–H groups in total. The molecule has 0 saturated heterocycles. The zero-order valence-electron chi connectivity index (χ0n) is 12.1. The average molecular weight is 427 g/mol. The lowest BCUT2D eigenvalue weighted by atomic mass is 10.3. The molecule has 0 unspecified atom stereocenters. The molecule has 0 aliphatic rings. The van der Waals surface area contributed by atoms with Crippen molar-refractivity contribution in [3.05, 3.63) is 43.5 Å². The maximum atomic E-state index is 11.8. The second-order valence-corrected chi connectivity index (χ2v) is 7.87. The minimum Gasteiger partial charge on any atom is -0.339 e. The second kappa shape index (κ2) is 7.69. The number of hydrogen-bond donors (Lipinski definition) is 2. The third-order valence-corrected chi connectivity index (χ3v) is 5.23. The second-order valence-electron chi connectivity index (χ2n) is 4.63. The minimum absolute atomic E-state index is 0.125. The molecule has 0 atom stereocenters. The van der Waals surface area contributed by atoms with Crippen molar-refractivity contribution in [3.63, 3.8) is 0 Å². The fourth-order valence-electron chi connectivity index (χ4n) is 1.77. The van der Waals surface area contributed by atoms with Crippen LogP contribution in [0.25, 0.3) is 11.4 Å². The van der Waals surface area contributed by atoms with Crippen LogP contribution in [0.1, 0.15) is 22.0 Å². The van der Waals surface area contributed by atoms with Crippen molar-refractivity contribution in [1.82, 2.24) is 21.0 Å². The Morgan fingerprint density at radius 1 is 1.25 bits per heavy atom. The van der Waals surface area contributed by atoms with E-state index in [1.165, 1.54) is 11.3 Å². The number of carbonyl (C=O) groups is 2. The molecule has 0 bridgehead atoms. The maximum Gasteiger partial charge on any atom is 0.279 e. The van der Waals surface area contributed by atoms with Gasteiger partial charge in [-0.05, 0) is 39.5 Å². The van der Waals surface area contributed by atoms with Gasteiger partial charge in [0.1, 0.15) is 0 Å². The number of hydrazine groups is 1. The van der Waals surface area contributed by atoms with Gasteiger partial charge in [0.25, 0.3) is 5.91 Å². The molecule has 0 fully saturated rings. The predicted octanol–water partition coefficient (Wildman–Crippen LogP) is 3.02. The Hall–Kier alpha value is -2.04. The summed E-state index contributed by atoms with van der Waals surface area (Å²) in [6.07, 6.45) is 0.420. The van der Waals surface area contributed by atoms with Gasteiger partial charge in [-0.3, -0.25) is 20.4 Å². The molecule has 124 valence electrons. The number of rotatable bonds is 5. The van der Waals surface area contributed by atoms with Crippen molar-refractivity contribution in [2.24, 2.45) is 0 Å². The Morgan fingerprint density at radius 3 is 2.83 bits per heavy atom. The number of nitrogens with one attached hydrogen (secondary N) is 2. The highest BCUT2D eigenvalue weighted by Crippen LogP contribution is 2.21. The van der Waals surface area contributed by atoms with Crippen LogP contribution in [-0.2, 0) is 11.2 Å². The Morgan fingerprint density at radius 2 is 2.12 bits per heavy atom. The topological polar surface area (TPSA) is 97.1 Å². The lowest BCUT2D eigenvalue weighted by Crippen LogP contribution is -2.41. The number of aryl methyl sites for hydroxylation is 1. The van der Waals surface area contributed by atoms with Gasteiger partial charge in [0.15, 0.2) is 0 Å². The zero-order valence-corrected chi connectivity index (χ0v) is 15.3. The number of hydrogen-bond acceptors (Lipinski definition) is 7. The smallest absolute Gasteiger partial charge is 0.279 e. The molecular weight excluding hydrogens is 416 g/mol. The van der Waals surface area contributed by atoms with E-state index in [9.17, 15) is 9.59 Å². The summed E-state index contributed by atoms with van der Waals surface area (Å²) < 4.78 is 5.95. The molecular formula is C14H11BrN4O3S2. The lowest BCUT2D eigenvalue weighted by Gasteiger charge is -2.04. The summed E-state index contributed by atoms with van der Waals surface area (Å²) >= 11 is 6.10. The summed E-state index contributed by atoms with van der Waals surface area (Å²) in [7, 11) is 0. The fraction of sp³-hybridized carbons (Fsp3) is 0.143. The first kappa shape index (κ1) is 16.8. The first-order chi connectivity index (χ1) is 11.6. The van der Waals surface area contributed by atoms with Crippen LogP contribution >= 0.6 is 38.6 Å². The van der Waals surface area contributed by atoms with Gasteiger partial charge in [-0.1, -0.05) is 5.16 Å². The normalized spacial score (nSPS) is 10.5. The Labute approximate surface area is 153 Å². The van der Waals surface area contributed by atoms with Gasteiger partial charge in [0, 0.05) is 23.8 Å². The molecule has 3 aromatic heterocycles. The summed E-state index contributed by atoms with van der Waals surface area (Å²) in [5.74, 6) is 0.175. The highest BCUT2D eigenvalue weighted by Gasteiger charge is 2.12. The van der Waals surface area contributed by atoms with E-state index in [4.69, 9.17) is 4.52 Å². The van der Waals surface area contributed by atoms with E-state index in [1.54, 1.807) is 23.5 Å². The molecule has 3 heterocycles. The number of nitrogens with zero attached hydrogens (tertiary/aromatic N) is 2. The van der Waals surface area contributed by atoms with Gasteiger partial charge >= 0.3 is 0 Å². The fourth-order valence-corrected chi connectivity index (χ4v) is 3.69. The van der Waals surface area contributed by atoms with Crippen molar-refractivity contribution in [3.8, 4) is 11.4 Å². The largest absolute Gasteiger partial charge is 0.339 e. The molecule has 10 heteroatoms. The van der Waals surface area contributed by atoms with Crippen LogP contribution < -0.4 is 10.9 Å². The Balaban J connectivity index is 1.45. The van der Waals surface area contributed by atoms with Crippen LogP contribution in [0.4, 0.5) is 0 Å². The van der Waals surface area contributed by atoms with E-state index in [0.29, 0.717) is 23.0 Å². The molecule has 24 heavy (non-hydrogen) atoms. The molecule has 0 aliphatic heterocycles. The zero-order chi connectivity index (χ0) is 16.9. The first-order valence-electron chi connectivity index (χ1n) is 6.81. The highest BCUT2D eigenvalue weighted by molar-refractivity contribution is 9.11. The van der Waals surface area contributed by atoms with Gasteiger partial charge < -0.3 is 4.52 Å². The lowest BCUT2D eigenvalue weighted by molar-refractivity contribution is -0.121. The van der Waals surface area contributed by atoms with Crippen molar-refractivity contribution in [1.29, 1.82) is 0 Å². The number of amides is 2. The monoisotopic (exact) mass is 426 g/mol. The molecule has 0 aromatic carbocycles. The van der Waals surface area contributed by atoms with Gasteiger partial charge in [0.05, 0.1) is 8.66 Å². The van der Waals surface area contributed by atoms with E-state index in [0.717, 1.165) is 9.35 Å². The SMILES string of the molecule is O=C(CCc1nc(-c2ccsc2)no1)NNC(=O)c1ccc(Br)s1. The van der Waals surface area contributed by atoms with Crippen LogP contribution in [0, 0.1) is 0 Å². The summed E-state index contributed by atoms with van der Waals surface area (Å²) in [6.45, 7) is 0. The van der Waals surface area contributed by atoms with Crippen LogP contribution in [0.3, 0.4) is 0 Å². The third-order valence-electron chi connectivity index (χ3n) is 2.93. The van der Waals surface area contributed by atoms with Gasteiger partial charge in [-0.15, -0.1) is 11.3 Å². The standard InChI is InChI=1S/C14H11BrN4O3S2/c15-10-2-1-9(24-10)14(21)18-17-11(20)3-4-12-16-13(19-22-12)8-5-6-23-7-8/h1-2,5-7H,3-4H2,(H,17,20)(H,18,21). The van der Waals surface area contributed by atoms with E-state index < -0.39 is 0 Å². The number of thiophene rings is 2. The van der Waals surface area contributed by atoms with Crippen LogP contribution in [0.5, 0.6) is 0 Å². The molecule has 3 aromatic rings. The highest BCUT2D eigenvalue weighted by atomic mass is 79.9. The van der Waals surface area contributed by atoms with Crippen molar-refractivity contribution in [2.75, 3.05) is 0 Å². The van der Waals surface area contributed by atoms with E-state index in [-0.39, 0.29) is 18.2 Å². The van der Waals surface area contributed by atoms with Crippen molar-refractivity contribution >= 4 is 50.4 Å². The third kappa shape index (κ3) is 4.28. The Kier molecular flexibility index (Phi) is 5.38. The molecule has 0 radical (unpaired) electrons. The van der Waals surface area contributed by atoms with E-state index in [1.807, 2.05) is 16.8 Å². The first-order valence-corrected chi connectivity index (χ1v) is 9.37. The van der Waals surface area contributed by atoms with Crippen molar-refractivity contribution < 1.29 is 14.1 Å². The van der Waals surface area contributed by atoms with Gasteiger partial charge in [0.2, 0.25) is 17.6 Å². The van der Waals surface area contributed by atoms with E-state index in [2.05, 4.69) is 36.9 Å². The van der Waals surface area contributed by atoms with Gasteiger partial charge in [-0.25, -0.2) is 0 Å². The van der Waals surface area contributed by atoms with Gasteiger partial charge in [-0.2, -0.15) is 16.3 Å². The van der Waals surface area contributed by atoms with Crippen molar-refractivity contribution in [2.45, 2.75) is 12.8 Å². The number of aromatic nitrogens is 2. The number of halogens is 1. The Bertz CT molecular complexity index is 844. The quantitative estimate of drug-likeness (QED) is 0.611. The summed E-state index contributed by atoms with van der Waals surface area (Å²) in [6, 6.07) is 5.33. The van der Waals surface area contributed by atoms with Crippen LogP contribution in [0.2, 0.25) is 0 Å². The predicted molar refractivity (Wildman–Crippen MR) is 93.6 cm³/mol. The summed E-state index contributed by atoms with van der Waals surface area (Å²) in [5.41, 5.74) is 5.60. The molecule has 3 rings (SSSR count). The molecule has 7 nitrogen and oxygen atoms in total. The average Bonchev–Trinajstić information content (AvgIpc) is 3.30. The summed E-state index contributed by atoms with van der Waals surface area (Å²) in [4.78, 5) is 28.3. The minimum atomic E-state index is -0.364. The number of carbonyl (C=O) groups excluding carboxylic acids is 2. The molecule has 0 spiro atoms. The molecule has 0 aliphatic carbocycles. The van der Waals surface area contributed by atoms with Crippen LogP contribution in [-0.4, -0.2) is 22.0 Å². The molecule has 2 amide bonds.